The fraction of sp³-hybridized carbons (Fsp3) is 0.0526. The van der Waals surface area contributed by atoms with Gasteiger partial charge in [0, 0.05) is 32.7 Å². The molecule has 0 spiro atoms. The summed E-state index contributed by atoms with van der Waals surface area (Å²) in [6.07, 6.45) is 0. The molecule has 3 nitrogen and oxygen atoms in total. The summed E-state index contributed by atoms with van der Waals surface area (Å²) in [5.74, 6) is 0.652. The van der Waals surface area contributed by atoms with Crippen LogP contribution in [0, 0.1) is 0 Å². The molecule has 0 atom stereocenters. The summed E-state index contributed by atoms with van der Waals surface area (Å²) in [5.41, 5.74) is 17.6. The first-order valence-corrected chi connectivity index (χ1v) is 20.7. The molecular formula is C57H39N3. The number of hydrogen-bond acceptors (Lipinski definition) is 2. The van der Waals surface area contributed by atoms with Crippen LogP contribution in [0.4, 0.5) is 0 Å². The van der Waals surface area contributed by atoms with Crippen molar-refractivity contribution >= 4 is 43.5 Å². The fourth-order valence-electron chi connectivity index (χ4n) is 9.82. The van der Waals surface area contributed by atoms with E-state index < -0.39 is 0 Å². The van der Waals surface area contributed by atoms with Crippen molar-refractivity contribution in [1.29, 1.82) is 0 Å². The average molecular weight is 766 g/mol. The van der Waals surface area contributed by atoms with E-state index in [0.29, 0.717) is 5.95 Å². The molecular weight excluding hydrogens is 727 g/mol. The third-order valence-corrected chi connectivity index (χ3v) is 12.8. The van der Waals surface area contributed by atoms with Crippen LogP contribution in [0.25, 0.3) is 105 Å². The number of rotatable bonds is 5. The van der Waals surface area contributed by atoms with Gasteiger partial charge in [-0.3, -0.25) is 4.57 Å². The van der Waals surface area contributed by atoms with Crippen LogP contribution in [-0.4, -0.2) is 14.5 Å². The minimum atomic E-state index is -0.0145. The van der Waals surface area contributed by atoms with Crippen molar-refractivity contribution in [3.8, 4) is 61.7 Å². The van der Waals surface area contributed by atoms with Gasteiger partial charge in [0.1, 0.15) is 0 Å². The van der Waals surface area contributed by atoms with Gasteiger partial charge in [0.15, 0.2) is 0 Å². The Morgan fingerprint density at radius 2 is 0.967 bits per heavy atom. The molecule has 0 N–H and O–H groups in total. The number of nitrogens with zero attached hydrogens (tertiary/aromatic N) is 3. The van der Waals surface area contributed by atoms with Crippen LogP contribution in [0.3, 0.4) is 0 Å². The Bertz CT molecular complexity index is 3520. The molecule has 0 aliphatic heterocycles. The molecule has 0 saturated carbocycles. The highest BCUT2D eigenvalue weighted by Crippen LogP contribution is 2.50. The number of fused-ring (bicyclic) bond motifs is 8. The SMILES string of the molecule is CC1(C)c2ccccc2-c2cc(-c3cccc(-c4cccc(-c5cccc6c7cc8ccccc8cc7n(-c7nc(-c8ccccc8)c8ccccc8n7)c56)c4)c3)ccc21. The lowest BCUT2D eigenvalue weighted by atomic mass is 9.82. The van der Waals surface area contributed by atoms with Gasteiger partial charge in [-0.05, 0) is 97.2 Å². The fourth-order valence-corrected chi connectivity index (χ4v) is 9.82. The molecule has 1 aliphatic carbocycles. The van der Waals surface area contributed by atoms with E-state index in [-0.39, 0.29) is 5.41 Å². The second kappa shape index (κ2) is 13.2. The Kier molecular flexibility index (Phi) is 7.58. The lowest BCUT2D eigenvalue weighted by Gasteiger charge is -2.21. The van der Waals surface area contributed by atoms with Gasteiger partial charge in [0.25, 0.3) is 0 Å². The van der Waals surface area contributed by atoms with Crippen LogP contribution in [0.5, 0.6) is 0 Å². The first-order chi connectivity index (χ1) is 29.5. The van der Waals surface area contributed by atoms with E-state index >= 15 is 0 Å². The van der Waals surface area contributed by atoms with Crippen LogP contribution in [0.15, 0.2) is 200 Å². The van der Waals surface area contributed by atoms with Crippen LogP contribution < -0.4 is 0 Å². The Morgan fingerprint density at radius 3 is 1.78 bits per heavy atom. The first kappa shape index (κ1) is 34.4. The van der Waals surface area contributed by atoms with Gasteiger partial charge in [-0.15, -0.1) is 0 Å². The van der Waals surface area contributed by atoms with Crippen molar-refractivity contribution in [2.45, 2.75) is 19.3 Å². The second-order valence-electron chi connectivity index (χ2n) is 16.6. The predicted octanol–water partition coefficient (Wildman–Crippen LogP) is 14.9. The van der Waals surface area contributed by atoms with Gasteiger partial charge >= 0.3 is 0 Å². The zero-order valence-electron chi connectivity index (χ0n) is 33.4. The Morgan fingerprint density at radius 1 is 0.383 bits per heavy atom. The summed E-state index contributed by atoms with van der Waals surface area (Å²) in [6, 6.07) is 72.6. The van der Waals surface area contributed by atoms with Gasteiger partial charge < -0.3 is 0 Å². The zero-order valence-corrected chi connectivity index (χ0v) is 33.4. The van der Waals surface area contributed by atoms with Gasteiger partial charge in [0.2, 0.25) is 5.95 Å². The second-order valence-corrected chi connectivity index (χ2v) is 16.6. The van der Waals surface area contributed by atoms with E-state index in [9.17, 15) is 0 Å². The highest BCUT2D eigenvalue weighted by molar-refractivity contribution is 6.17. The minimum absolute atomic E-state index is 0.0145. The van der Waals surface area contributed by atoms with E-state index in [1.165, 1.54) is 66.1 Å². The molecule has 3 heteroatoms. The van der Waals surface area contributed by atoms with Gasteiger partial charge in [-0.2, -0.15) is 0 Å². The third kappa shape index (κ3) is 5.29. The summed E-state index contributed by atoms with van der Waals surface area (Å²) >= 11 is 0. The highest BCUT2D eigenvalue weighted by Gasteiger charge is 2.35. The summed E-state index contributed by atoms with van der Waals surface area (Å²) in [7, 11) is 0. The molecule has 0 radical (unpaired) electrons. The Balaban J connectivity index is 1.04. The average Bonchev–Trinajstić information content (AvgIpc) is 3.75. The maximum absolute atomic E-state index is 5.43. The zero-order chi connectivity index (χ0) is 40.0. The summed E-state index contributed by atoms with van der Waals surface area (Å²) in [4.78, 5) is 10.7. The van der Waals surface area contributed by atoms with Crippen LogP contribution in [-0.2, 0) is 5.41 Å². The molecule has 60 heavy (non-hydrogen) atoms. The summed E-state index contributed by atoms with van der Waals surface area (Å²) in [6.45, 7) is 4.67. The monoisotopic (exact) mass is 765 g/mol. The van der Waals surface area contributed by atoms with E-state index in [1.807, 2.05) is 0 Å². The number of hydrogen-bond donors (Lipinski definition) is 0. The van der Waals surface area contributed by atoms with Crippen molar-refractivity contribution in [2.24, 2.45) is 0 Å². The van der Waals surface area contributed by atoms with Gasteiger partial charge in [-0.25, -0.2) is 9.97 Å². The minimum Gasteiger partial charge on any atom is -0.277 e. The number of para-hydroxylation sites is 2. The van der Waals surface area contributed by atoms with Gasteiger partial charge in [-0.1, -0.05) is 178 Å². The predicted molar refractivity (Wildman–Crippen MR) is 251 cm³/mol. The van der Waals surface area contributed by atoms with Crippen molar-refractivity contribution in [2.75, 3.05) is 0 Å². The molecule has 11 aromatic rings. The standard InChI is InChI=1S/C57H39N3/c1-57(2)50-27-10-8-23-45(50)48-33-42(29-30-51(48)57)38-20-12-19-37(31-38)39-21-13-22-43(32-39)44-25-14-26-46-49-34-40-17-6-7-18-41(40)35-53(49)60(55(44)46)56-58-52-28-11-9-24-47(52)54(59-56)36-15-4-3-5-16-36/h3-35H,1-2H3. The number of benzene rings is 9. The molecule has 0 fully saturated rings. The molecule has 0 bridgehead atoms. The van der Waals surface area contributed by atoms with Crippen molar-refractivity contribution in [3.63, 3.8) is 0 Å². The number of aromatic nitrogens is 3. The smallest absolute Gasteiger partial charge is 0.235 e. The summed E-state index contributed by atoms with van der Waals surface area (Å²) in [5, 5.41) is 5.75. The molecule has 282 valence electrons. The molecule has 9 aromatic carbocycles. The van der Waals surface area contributed by atoms with Crippen molar-refractivity contribution in [3.05, 3.63) is 211 Å². The molecule has 2 aromatic heterocycles. The van der Waals surface area contributed by atoms with E-state index in [4.69, 9.17) is 9.97 Å². The first-order valence-electron chi connectivity index (χ1n) is 20.7. The molecule has 1 aliphatic rings. The molecule has 0 amide bonds. The highest BCUT2D eigenvalue weighted by atomic mass is 15.2. The van der Waals surface area contributed by atoms with Crippen LogP contribution in [0.1, 0.15) is 25.0 Å². The lowest BCUT2D eigenvalue weighted by molar-refractivity contribution is 0.660. The molecule has 2 heterocycles. The van der Waals surface area contributed by atoms with Crippen molar-refractivity contribution < 1.29 is 0 Å². The van der Waals surface area contributed by atoms with E-state index in [2.05, 4.69) is 219 Å². The molecule has 0 unspecified atom stereocenters. The summed E-state index contributed by atoms with van der Waals surface area (Å²) < 4.78 is 2.30. The maximum atomic E-state index is 5.43. The Labute approximate surface area is 348 Å². The normalized spacial score (nSPS) is 13.0. The van der Waals surface area contributed by atoms with E-state index in [0.717, 1.165) is 44.3 Å². The maximum Gasteiger partial charge on any atom is 0.235 e. The van der Waals surface area contributed by atoms with Crippen LogP contribution >= 0.6 is 0 Å². The molecule has 0 saturated heterocycles. The molecule has 12 rings (SSSR count). The third-order valence-electron chi connectivity index (χ3n) is 12.8. The van der Waals surface area contributed by atoms with Gasteiger partial charge in [0.05, 0.1) is 22.2 Å². The van der Waals surface area contributed by atoms with E-state index in [1.54, 1.807) is 0 Å². The van der Waals surface area contributed by atoms with Crippen LogP contribution in [0.2, 0.25) is 0 Å². The lowest BCUT2D eigenvalue weighted by Crippen LogP contribution is -2.14. The topological polar surface area (TPSA) is 30.7 Å². The quantitative estimate of drug-likeness (QED) is 0.175. The van der Waals surface area contributed by atoms with Crippen molar-refractivity contribution in [1.82, 2.24) is 14.5 Å². The largest absolute Gasteiger partial charge is 0.277 e. The Hall–Kier alpha value is -7.62.